The molecular weight excluding hydrogens is 260 g/mol. The average molecular weight is 280 g/mol. The Bertz CT molecular complexity index is 422. The highest BCUT2D eigenvalue weighted by molar-refractivity contribution is 7.80. The van der Waals surface area contributed by atoms with Crippen LogP contribution in [-0.2, 0) is 4.74 Å². The van der Waals surface area contributed by atoms with Crippen LogP contribution in [0.2, 0.25) is 0 Å². The molecule has 1 aliphatic rings. The second kappa shape index (κ2) is 6.84. The Morgan fingerprint density at radius 2 is 2.21 bits per heavy atom. The monoisotopic (exact) mass is 280 g/mol. The molecule has 0 amide bonds. The van der Waals surface area contributed by atoms with Gasteiger partial charge in [0, 0.05) is 24.7 Å². The van der Waals surface area contributed by atoms with Crippen LogP contribution in [0.25, 0.3) is 0 Å². The molecule has 1 fully saturated rings. The number of thiocarbonyl (C=S) groups is 1. The summed E-state index contributed by atoms with van der Waals surface area (Å²) in [6.45, 7) is 6.37. The number of ether oxygens (including phenoxy) is 2. The molecule has 2 N–H and O–H groups in total. The van der Waals surface area contributed by atoms with Gasteiger partial charge in [-0.2, -0.15) is 0 Å². The van der Waals surface area contributed by atoms with Crippen molar-refractivity contribution in [1.29, 1.82) is 0 Å². The molecule has 104 valence electrons. The largest absolute Gasteiger partial charge is 0.492 e. The van der Waals surface area contributed by atoms with Crippen LogP contribution in [0, 0.1) is 0 Å². The van der Waals surface area contributed by atoms with Crippen molar-refractivity contribution in [2.24, 2.45) is 5.73 Å². The van der Waals surface area contributed by atoms with Gasteiger partial charge in [-0.05, 0) is 31.2 Å². The molecule has 0 radical (unpaired) electrons. The normalized spacial score (nSPS) is 20.2. The van der Waals surface area contributed by atoms with Gasteiger partial charge in [0.15, 0.2) is 0 Å². The van der Waals surface area contributed by atoms with Crippen LogP contribution < -0.4 is 10.5 Å². The Hall–Kier alpha value is -1.17. The number of morpholine rings is 1. The predicted octanol–water partition coefficient (Wildman–Crippen LogP) is 1.42. The fraction of sp³-hybridized carbons (Fsp3) is 0.500. The molecule has 1 aliphatic heterocycles. The van der Waals surface area contributed by atoms with Crippen molar-refractivity contribution in [3.05, 3.63) is 29.8 Å². The topological polar surface area (TPSA) is 47.7 Å². The molecule has 0 aromatic heterocycles. The molecule has 0 saturated carbocycles. The second-order valence-electron chi connectivity index (χ2n) is 4.70. The first kappa shape index (κ1) is 14.2. The third-order valence-electron chi connectivity index (χ3n) is 3.29. The molecule has 1 unspecified atom stereocenters. The van der Waals surface area contributed by atoms with Crippen molar-refractivity contribution in [2.45, 2.75) is 13.0 Å². The van der Waals surface area contributed by atoms with E-state index in [1.54, 1.807) is 0 Å². The van der Waals surface area contributed by atoms with Crippen molar-refractivity contribution in [3.8, 4) is 5.75 Å². The molecule has 4 nitrogen and oxygen atoms in total. The van der Waals surface area contributed by atoms with Crippen molar-refractivity contribution in [3.63, 3.8) is 0 Å². The Kier molecular flexibility index (Phi) is 5.13. The molecule has 1 aromatic carbocycles. The lowest BCUT2D eigenvalue weighted by atomic mass is 10.2. The maximum absolute atomic E-state index is 5.73. The van der Waals surface area contributed by atoms with Crippen molar-refractivity contribution in [1.82, 2.24) is 4.90 Å². The first-order valence-electron chi connectivity index (χ1n) is 6.51. The lowest BCUT2D eigenvalue weighted by molar-refractivity contribution is -0.00514. The quantitative estimate of drug-likeness (QED) is 0.827. The molecule has 1 aromatic rings. The zero-order chi connectivity index (χ0) is 13.7. The number of rotatable bonds is 5. The second-order valence-corrected chi connectivity index (χ2v) is 5.14. The highest BCUT2D eigenvalue weighted by Crippen LogP contribution is 2.12. The van der Waals surface area contributed by atoms with Crippen LogP contribution >= 0.6 is 12.2 Å². The third kappa shape index (κ3) is 4.16. The minimum absolute atomic E-state index is 0.411. The summed E-state index contributed by atoms with van der Waals surface area (Å²) in [6, 6.07) is 8.03. The Labute approximate surface area is 119 Å². The first-order chi connectivity index (χ1) is 9.16. The van der Waals surface area contributed by atoms with Crippen molar-refractivity contribution >= 4 is 17.2 Å². The highest BCUT2D eigenvalue weighted by Gasteiger charge is 2.17. The summed E-state index contributed by atoms with van der Waals surface area (Å²) in [5, 5.41) is 0. The summed E-state index contributed by atoms with van der Waals surface area (Å²) in [5.74, 6) is 0.848. The van der Waals surface area contributed by atoms with Gasteiger partial charge in [0.25, 0.3) is 0 Å². The molecule has 5 heteroatoms. The van der Waals surface area contributed by atoms with Crippen LogP contribution in [0.15, 0.2) is 24.3 Å². The van der Waals surface area contributed by atoms with Crippen LogP contribution in [0.3, 0.4) is 0 Å². The van der Waals surface area contributed by atoms with Gasteiger partial charge in [-0.1, -0.05) is 12.2 Å². The van der Waals surface area contributed by atoms with E-state index in [0.29, 0.717) is 17.6 Å². The van der Waals surface area contributed by atoms with Gasteiger partial charge in [0.2, 0.25) is 0 Å². The lowest BCUT2D eigenvalue weighted by Gasteiger charge is -2.32. The molecule has 1 heterocycles. The van der Waals surface area contributed by atoms with Crippen LogP contribution in [-0.4, -0.2) is 48.8 Å². The van der Waals surface area contributed by atoms with Gasteiger partial charge < -0.3 is 15.2 Å². The summed E-state index contributed by atoms with van der Waals surface area (Å²) in [7, 11) is 0. The number of nitrogens with zero attached hydrogens (tertiary/aromatic N) is 1. The van der Waals surface area contributed by atoms with Gasteiger partial charge in [0.05, 0.1) is 13.2 Å². The number of nitrogens with two attached hydrogens (primary N) is 1. The fourth-order valence-electron chi connectivity index (χ4n) is 2.09. The number of benzene rings is 1. The summed E-state index contributed by atoms with van der Waals surface area (Å²) < 4.78 is 11.1. The average Bonchev–Trinajstić information content (AvgIpc) is 2.41. The van der Waals surface area contributed by atoms with E-state index < -0.39 is 0 Å². The Balaban J connectivity index is 1.77. The first-order valence-corrected chi connectivity index (χ1v) is 6.92. The molecule has 1 saturated heterocycles. The summed E-state index contributed by atoms with van der Waals surface area (Å²) >= 11 is 4.91. The van der Waals surface area contributed by atoms with Crippen LogP contribution in [0.1, 0.15) is 12.5 Å². The number of hydrogen-bond acceptors (Lipinski definition) is 4. The molecule has 19 heavy (non-hydrogen) atoms. The Morgan fingerprint density at radius 1 is 1.47 bits per heavy atom. The van der Waals surface area contributed by atoms with E-state index in [4.69, 9.17) is 27.4 Å². The molecule has 0 spiro atoms. The minimum Gasteiger partial charge on any atom is -0.492 e. The maximum Gasteiger partial charge on any atom is 0.119 e. The minimum atomic E-state index is 0.411. The SMILES string of the molecule is CC1COCCN1CCOc1ccc(C(N)=S)cc1. The van der Waals surface area contributed by atoms with Crippen LogP contribution in [0.5, 0.6) is 5.75 Å². The van der Waals surface area contributed by atoms with Crippen molar-refractivity contribution < 1.29 is 9.47 Å². The van der Waals surface area contributed by atoms with E-state index in [0.717, 1.165) is 37.6 Å². The standard InChI is InChI=1S/C14H20N2O2S/c1-11-10-17-8-6-16(11)7-9-18-13-4-2-12(3-5-13)14(15)19/h2-5,11H,6-10H2,1H3,(H2,15,19). The van der Waals surface area contributed by atoms with E-state index in [9.17, 15) is 0 Å². The Morgan fingerprint density at radius 3 is 2.84 bits per heavy atom. The zero-order valence-corrected chi connectivity index (χ0v) is 12.0. The number of hydrogen-bond donors (Lipinski definition) is 1. The predicted molar refractivity (Wildman–Crippen MR) is 79.7 cm³/mol. The van der Waals surface area contributed by atoms with Crippen molar-refractivity contribution in [2.75, 3.05) is 32.9 Å². The summed E-state index contributed by atoms with van der Waals surface area (Å²) in [5.41, 5.74) is 6.41. The highest BCUT2D eigenvalue weighted by atomic mass is 32.1. The summed E-state index contributed by atoms with van der Waals surface area (Å²) in [4.78, 5) is 2.79. The summed E-state index contributed by atoms with van der Waals surface area (Å²) in [6.07, 6.45) is 0. The molecule has 2 rings (SSSR count). The molecule has 1 atom stereocenters. The molecule has 0 bridgehead atoms. The van der Waals surface area contributed by atoms with Crippen LogP contribution in [0.4, 0.5) is 0 Å². The van der Waals surface area contributed by atoms with Gasteiger partial charge in [-0.25, -0.2) is 0 Å². The van der Waals surface area contributed by atoms with E-state index in [1.807, 2.05) is 24.3 Å². The van der Waals surface area contributed by atoms with Gasteiger partial charge in [0.1, 0.15) is 17.3 Å². The lowest BCUT2D eigenvalue weighted by Crippen LogP contribution is -2.45. The van der Waals surface area contributed by atoms with Gasteiger partial charge in [-0.15, -0.1) is 0 Å². The van der Waals surface area contributed by atoms with E-state index in [-0.39, 0.29) is 0 Å². The zero-order valence-electron chi connectivity index (χ0n) is 11.2. The fourth-order valence-corrected chi connectivity index (χ4v) is 2.23. The molecule has 0 aliphatic carbocycles. The van der Waals surface area contributed by atoms with E-state index >= 15 is 0 Å². The van der Waals surface area contributed by atoms with E-state index in [1.165, 1.54) is 0 Å². The molecular formula is C14H20N2O2S. The third-order valence-corrected chi connectivity index (χ3v) is 3.53. The van der Waals surface area contributed by atoms with Gasteiger partial charge >= 0.3 is 0 Å². The van der Waals surface area contributed by atoms with Gasteiger partial charge in [-0.3, -0.25) is 4.90 Å². The smallest absolute Gasteiger partial charge is 0.119 e. The maximum atomic E-state index is 5.73. The van der Waals surface area contributed by atoms with E-state index in [2.05, 4.69) is 11.8 Å².